The summed E-state index contributed by atoms with van der Waals surface area (Å²) in [6.45, 7) is 0. The molecule has 0 aliphatic heterocycles. The number of aliphatic hydroxyl groups is 1. The average Bonchev–Trinajstić information content (AvgIpc) is 2.26. The van der Waals surface area contributed by atoms with Gasteiger partial charge in [0, 0.05) is 11.6 Å². The van der Waals surface area contributed by atoms with Crippen LogP contribution in [0.5, 0.6) is 5.75 Å². The Kier molecular flexibility index (Phi) is 4.31. The van der Waals surface area contributed by atoms with Crippen LogP contribution in [-0.2, 0) is 0 Å². The van der Waals surface area contributed by atoms with E-state index in [1.165, 1.54) is 0 Å². The second kappa shape index (κ2) is 5.43. The number of ether oxygens (including phenoxy) is 1. The Morgan fingerprint density at radius 3 is 1.95 bits per heavy atom. The van der Waals surface area contributed by atoms with Crippen LogP contribution in [0.1, 0.15) is 10.4 Å². The second-order valence-corrected chi connectivity index (χ2v) is 3.46. The quantitative estimate of drug-likeness (QED) is 0.400. The summed E-state index contributed by atoms with van der Waals surface area (Å²) in [5, 5.41) is 8.57. The zero-order valence-electron chi connectivity index (χ0n) is 9.42. The van der Waals surface area contributed by atoms with Crippen LogP contribution in [0.15, 0.2) is 36.1 Å². The van der Waals surface area contributed by atoms with Gasteiger partial charge >= 0.3 is 12.5 Å². The topological polar surface area (TPSA) is 46.5 Å². The summed E-state index contributed by atoms with van der Waals surface area (Å²) in [4.78, 5) is 11.3. The van der Waals surface area contributed by atoms with Gasteiger partial charge in [0.2, 0.25) is 5.76 Å². The molecule has 0 aromatic heterocycles. The molecule has 0 heterocycles. The summed E-state index contributed by atoms with van der Waals surface area (Å²) < 4.78 is 74.9. The van der Waals surface area contributed by atoms with Crippen molar-refractivity contribution in [2.75, 3.05) is 0 Å². The van der Waals surface area contributed by atoms with Gasteiger partial charge in [-0.05, 0) is 24.3 Å². The number of rotatable bonds is 3. The number of benzene rings is 1. The highest BCUT2D eigenvalue weighted by Crippen LogP contribution is 2.25. The van der Waals surface area contributed by atoms with Gasteiger partial charge in [0.05, 0.1) is 0 Å². The Morgan fingerprint density at radius 2 is 1.55 bits per heavy atom. The van der Waals surface area contributed by atoms with E-state index in [0.29, 0.717) is 0 Å². The molecule has 110 valence electrons. The maximum Gasteiger partial charge on any atom is 0.573 e. The molecule has 0 saturated heterocycles. The summed E-state index contributed by atoms with van der Waals surface area (Å²) >= 11 is 0. The number of halogens is 6. The largest absolute Gasteiger partial charge is 0.573 e. The fraction of sp³-hybridized carbons (Fsp3) is 0.182. The molecule has 3 nitrogen and oxygen atoms in total. The molecule has 0 saturated carbocycles. The summed E-state index contributed by atoms with van der Waals surface area (Å²) in [5.74, 6) is -3.94. The third kappa shape index (κ3) is 4.82. The summed E-state index contributed by atoms with van der Waals surface area (Å²) in [6.07, 6.45) is -10.1. The minimum atomic E-state index is -5.07. The first-order chi connectivity index (χ1) is 8.99. The molecule has 20 heavy (non-hydrogen) atoms. The highest BCUT2D eigenvalue weighted by molar-refractivity contribution is 6.04. The molecule has 0 aliphatic carbocycles. The average molecular weight is 300 g/mol. The van der Waals surface area contributed by atoms with Crippen LogP contribution < -0.4 is 4.74 Å². The first-order valence-electron chi connectivity index (χ1n) is 4.87. The molecule has 1 rings (SSSR count). The van der Waals surface area contributed by atoms with E-state index in [2.05, 4.69) is 4.74 Å². The van der Waals surface area contributed by atoms with Gasteiger partial charge in [-0.2, -0.15) is 13.2 Å². The molecule has 0 aliphatic rings. The molecule has 1 N–H and O–H groups in total. The number of carbonyl (C=O) groups is 1. The van der Waals surface area contributed by atoms with Crippen LogP contribution in [0.3, 0.4) is 0 Å². The summed E-state index contributed by atoms with van der Waals surface area (Å²) in [7, 11) is 0. The normalized spacial score (nSPS) is 13.2. The number of carbonyl (C=O) groups excluding carboxylic acids is 1. The number of hydrogen-bond acceptors (Lipinski definition) is 3. The van der Waals surface area contributed by atoms with Crippen LogP contribution in [0.4, 0.5) is 26.3 Å². The van der Waals surface area contributed by atoms with Gasteiger partial charge in [-0.1, -0.05) is 0 Å². The maximum absolute atomic E-state index is 12.0. The van der Waals surface area contributed by atoms with E-state index in [1.807, 2.05) is 0 Å². The lowest BCUT2D eigenvalue weighted by Crippen LogP contribution is -2.17. The number of alkyl halides is 6. The van der Waals surface area contributed by atoms with E-state index >= 15 is 0 Å². The lowest BCUT2D eigenvalue weighted by Gasteiger charge is -2.08. The van der Waals surface area contributed by atoms with Crippen molar-refractivity contribution >= 4 is 5.78 Å². The molecule has 9 heteroatoms. The molecule has 0 atom stereocenters. The second-order valence-electron chi connectivity index (χ2n) is 3.46. The molecule has 0 spiro atoms. The monoisotopic (exact) mass is 300 g/mol. The van der Waals surface area contributed by atoms with Crippen molar-refractivity contribution in [1.29, 1.82) is 0 Å². The van der Waals surface area contributed by atoms with Crippen LogP contribution in [0.25, 0.3) is 0 Å². The van der Waals surface area contributed by atoms with E-state index in [0.717, 1.165) is 24.3 Å². The highest BCUT2D eigenvalue weighted by Gasteiger charge is 2.34. The van der Waals surface area contributed by atoms with Crippen molar-refractivity contribution in [2.24, 2.45) is 0 Å². The molecule has 0 radical (unpaired) electrons. The van der Waals surface area contributed by atoms with Gasteiger partial charge in [0.15, 0.2) is 5.78 Å². The minimum Gasteiger partial charge on any atom is -0.504 e. The number of hydrogen-bond donors (Lipinski definition) is 1. The molecule has 0 fully saturated rings. The van der Waals surface area contributed by atoms with Crippen molar-refractivity contribution in [1.82, 2.24) is 0 Å². The van der Waals surface area contributed by atoms with E-state index in [-0.39, 0.29) is 11.6 Å². The Labute approximate surface area is 108 Å². The van der Waals surface area contributed by atoms with Crippen LogP contribution in [0.2, 0.25) is 0 Å². The molecule has 1 aromatic carbocycles. The highest BCUT2D eigenvalue weighted by atomic mass is 19.4. The SMILES string of the molecule is O=C(/C=C(/O)C(F)(F)F)c1ccc(OC(F)(F)F)cc1. The van der Waals surface area contributed by atoms with Gasteiger partial charge in [-0.3, -0.25) is 4.79 Å². The van der Waals surface area contributed by atoms with E-state index in [9.17, 15) is 31.1 Å². The number of ketones is 1. The predicted molar refractivity (Wildman–Crippen MR) is 54.2 cm³/mol. The van der Waals surface area contributed by atoms with Crippen molar-refractivity contribution in [2.45, 2.75) is 12.5 Å². The standard InChI is InChI=1S/C11H6F6O3/c12-10(13,14)9(19)5-8(18)6-1-3-7(4-2-6)20-11(15,16)17/h1-5,19H/b9-5+. The Hall–Kier alpha value is -2.19. The van der Waals surface area contributed by atoms with E-state index < -0.39 is 29.8 Å². The lowest BCUT2D eigenvalue weighted by molar-refractivity contribution is -0.274. The number of aliphatic hydroxyl groups excluding tert-OH is 1. The van der Waals surface area contributed by atoms with Crippen molar-refractivity contribution in [3.63, 3.8) is 0 Å². The third-order valence-electron chi connectivity index (χ3n) is 1.93. The van der Waals surface area contributed by atoms with Gasteiger partial charge in [-0.25, -0.2) is 0 Å². The van der Waals surface area contributed by atoms with E-state index in [4.69, 9.17) is 5.11 Å². The number of allylic oxidation sites excluding steroid dienone is 2. The zero-order valence-corrected chi connectivity index (χ0v) is 9.42. The minimum absolute atomic E-state index is 0.0698. The van der Waals surface area contributed by atoms with Gasteiger partial charge in [-0.15, -0.1) is 13.2 Å². The van der Waals surface area contributed by atoms with Gasteiger partial charge < -0.3 is 9.84 Å². The summed E-state index contributed by atoms with van der Waals surface area (Å²) in [6, 6.07) is 3.20. The Balaban J connectivity index is 2.87. The van der Waals surface area contributed by atoms with Crippen LogP contribution in [-0.4, -0.2) is 23.4 Å². The fourth-order valence-corrected chi connectivity index (χ4v) is 1.11. The Bertz CT molecular complexity index is 512. The molecular weight excluding hydrogens is 294 g/mol. The molecule has 1 aromatic rings. The summed E-state index contributed by atoms with van der Waals surface area (Å²) in [5.41, 5.74) is -0.338. The zero-order chi connectivity index (χ0) is 15.6. The van der Waals surface area contributed by atoms with Crippen LogP contribution >= 0.6 is 0 Å². The first kappa shape index (κ1) is 15.9. The van der Waals surface area contributed by atoms with E-state index in [1.54, 1.807) is 0 Å². The fourth-order valence-electron chi connectivity index (χ4n) is 1.11. The third-order valence-corrected chi connectivity index (χ3v) is 1.93. The Morgan fingerprint density at radius 1 is 1.05 bits per heavy atom. The van der Waals surface area contributed by atoms with Crippen molar-refractivity contribution in [3.05, 3.63) is 41.7 Å². The lowest BCUT2D eigenvalue weighted by atomic mass is 10.1. The first-order valence-corrected chi connectivity index (χ1v) is 4.87. The molecular formula is C11H6F6O3. The maximum atomic E-state index is 12.0. The smallest absolute Gasteiger partial charge is 0.504 e. The molecule has 0 unspecified atom stereocenters. The predicted octanol–water partition coefficient (Wildman–Crippen LogP) is 3.77. The van der Waals surface area contributed by atoms with Crippen molar-refractivity contribution < 1.29 is 41.0 Å². The molecule has 0 bridgehead atoms. The van der Waals surface area contributed by atoms with Crippen LogP contribution in [0, 0.1) is 0 Å². The van der Waals surface area contributed by atoms with Gasteiger partial charge in [0.1, 0.15) is 5.75 Å². The van der Waals surface area contributed by atoms with Gasteiger partial charge in [0.25, 0.3) is 0 Å². The molecule has 0 amide bonds. The van der Waals surface area contributed by atoms with Crippen molar-refractivity contribution in [3.8, 4) is 5.75 Å².